The zero-order valence-corrected chi connectivity index (χ0v) is 10.3. The summed E-state index contributed by atoms with van der Waals surface area (Å²) in [5.74, 6) is 0. The van der Waals surface area contributed by atoms with Gasteiger partial charge in [0.25, 0.3) is 0 Å². The minimum Gasteiger partial charge on any atom is -0.389 e. The summed E-state index contributed by atoms with van der Waals surface area (Å²) >= 11 is 0. The predicted octanol–water partition coefficient (Wildman–Crippen LogP) is 0.445. The van der Waals surface area contributed by atoms with Crippen LogP contribution >= 0.6 is 0 Å². The Bertz CT molecular complexity index is 150. The van der Waals surface area contributed by atoms with Gasteiger partial charge in [-0.1, -0.05) is 6.92 Å². The number of hydrogen-bond acceptors (Lipinski definition) is 4. The Hall–Kier alpha value is -0.160. The molecule has 0 saturated carbocycles. The lowest BCUT2D eigenvalue weighted by Gasteiger charge is -2.26. The van der Waals surface area contributed by atoms with Gasteiger partial charge in [0.2, 0.25) is 0 Å². The van der Waals surface area contributed by atoms with E-state index in [1.54, 1.807) is 7.11 Å². The molecule has 0 bridgehead atoms. The smallest absolute Gasteiger partial charge is 0.0767 e. The fourth-order valence-electron chi connectivity index (χ4n) is 1.46. The first-order valence-corrected chi connectivity index (χ1v) is 5.68. The molecule has 0 aliphatic heterocycles. The number of ether oxygens (including phenoxy) is 1. The first-order valence-electron chi connectivity index (χ1n) is 5.68. The molecule has 0 heterocycles. The monoisotopic (exact) mass is 218 g/mol. The quantitative estimate of drug-likeness (QED) is 0.590. The zero-order chi connectivity index (χ0) is 11.7. The fourth-order valence-corrected chi connectivity index (χ4v) is 1.46. The van der Waals surface area contributed by atoms with Crippen LogP contribution in [0.25, 0.3) is 0 Å². The summed E-state index contributed by atoms with van der Waals surface area (Å²) in [5, 5.41) is 9.95. The van der Waals surface area contributed by atoms with Crippen molar-refractivity contribution in [2.45, 2.75) is 31.8 Å². The van der Waals surface area contributed by atoms with Crippen molar-refractivity contribution in [1.82, 2.24) is 4.90 Å². The van der Waals surface area contributed by atoms with Gasteiger partial charge in [-0.25, -0.2) is 0 Å². The summed E-state index contributed by atoms with van der Waals surface area (Å²) in [4.78, 5) is 2.20. The Kier molecular flexibility index (Phi) is 7.96. The van der Waals surface area contributed by atoms with Crippen molar-refractivity contribution in [2.24, 2.45) is 5.73 Å². The van der Waals surface area contributed by atoms with Crippen LogP contribution in [-0.2, 0) is 4.74 Å². The number of hydrogen-bond donors (Lipinski definition) is 2. The molecule has 3 N–H and O–H groups in total. The lowest BCUT2D eigenvalue weighted by Crippen LogP contribution is -2.37. The second kappa shape index (κ2) is 8.05. The zero-order valence-electron chi connectivity index (χ0n) is 10.3. The van der Waals surface area contributed by atoms with Gasteiger partial charge in [-0.05, 0) is 32.9 Å². The van der Waals surface area contributed by atoms with E-state index in [2.05, 4.69) is 11.9 Å². The van der Waals surface area contributed by atoms with Crippen molar-refractivity contribution in [3.8, 4) is 0 Å². The van der Waals surface area contributed by atoms with Crippen LogP contribution in [0.5, 0.6) is 0 Å². The maximum atomic E-state index is 9.95. The van der Waals surface area contributed by atoms with E-state index in [0.29, 0.717) is 6.54 Å². The number of aliphatic hydroxyl groups is 1. The van der Waals surface area contributed by atoms with Crippen LogP contribution in [0.3, 0.4) is 0 Å². The highest BCUT2D eigenvalue weighted by molar-refractivity contribution is 4.77. The van der Waals surface area contributed by atoms with E-state index in [0.717, 1.165) is 39.0 Å². The van der Waals surface area contributed by atoms with E-state index in [4.69, 9.17) is 10.5 Å². The van der Waals surface area contributed by atoms with E-state index >= 15 is 0 Å². The van der Waals surface area contributed by atoms with Crippen LogP contribution in [0.4, 0.5) is 0 Å². The van der Waals surface area contributed by atoms with Gasteiger partial charge in [0.05, 0.1) is 12.2 Å². The molecule has 0 aliphatic rings. The van der Waals surface area contributed by atoms with E-state index in [-0.39, 0.29) is 0 Å². The van der Waals surface area contributed by atoms with Gasteiger partial charge in [-0.3, -0.25) is 0 Å². The van der Waals surface area contributed by atoms with Crippen LogP contribution in [0.2, 0.25) is 0 Å². The molecule has 0 radical (unpaired) electrons. The molecule has 15 heavy (non-hydrogen) atoms. The lowest BCUT2D eigenvalue weighted by atomic mass is 9.95. The third-order valence-electron chi connectivity index (χ3n) is 2.90. The minimum absolute atomic E-state index is 0.352. The molecular weight excluding hydrogens is 192 g/mol. The second-order valence-corrected chi connectivity index (χ2v) is 4.18. The average molecular weight is 218 g/mol. The average Bonchev–Trinajstić information content (AvgIpc) is 2.26. The van der Waals surface area contributed by atoms with Gasteiger partial charge in [-0.15, -0.1) is 0 Å². The molecule has 0 fully saturated rings. The summed E-state index contributed by atoms with van der Waals surface area (Å²) in [5.41, 5.74) is 4.87. The Morgan fingerprint density at radius 2 is 2.07 bits per heavy atom. The molecule has 4 heteroatoms. The standard InChI is InChI=1S/C11H26N2O2/c1-4-11(14,10-12)6-5-7-13(2)8-9-15-3/h14H,4-10,12H2,1-3H3. The molecule has 1 atom stereocenters. The fraction of sp³-hybridized carbons (Fsp3) is 1.00. The van der Waals surface area contributed by atoms with Crippen molar-refractivity contribution >= 4 is 0 Å². The largest absolute Gasteiger partial charge is 0.389 e. The minimum atomic E-state index is -0.665. The molecule has 0 saturated heterocycles. The molecule has 0 aromatic carbocycles. The lowest BCUT2D eigenvalue weighted by molar-refractivity contribution is 0.0317. The highest BCUT2D eigenvalue weighted by Crippen LogP contribution is 2.15. The molecule has 92 valence electrons. The molecule has 4 nitrogen and oxygen atoms in total. The molecule has 0 aliphatic carbocycles. The molecule has 1 unspecified atom stereocenters. The maximum absolute atomic E-state index is 9.95. The summed E-state index contributed by atoms with van der Waals surface area (Å²) in [6, 6.07) is 0. The van der Waals surface area contributed by atoms with Crippen molar-refractivity contribution in [1.29, 1.82) is 0 Å². The molecule has 0 spiro atoms. The summed E-state index contributed by atoms with van der Waals surface area (Å²) in [6.45, 7) is 4.99. The maximum Gasteiger partial charge on any atom is 0.0767 e. The van der Waals surface area contributed by atoms with Crippen molar-refractivity contribution < 1.29 is 9.84 Å². The Morgan fingerprint density at radius 3 is 2.53 bits per heavy atom. The molecule has 0 aromatic heterocycles. The van der Waals surface area contributed by atoms with Crippen LogP contribution < -0.4 is 5.73 Å². The normalized spacial score (nSPS) is 15.6. The first-order chi connectivity index (χ1) is 7.08. The van der Waals surface area contributed by atoms with Gasteiger partial charge in [-0.2, -0.15) is 0 Å². The first kappa shape index (κ1) is 14.8. The number of nitrogens with zero attached hydrogens (tertiary/aromatic N) is 1. The molecular formula is C11H26N2O2. The van der Waals surface area contributed by atoms with E-state index < -0.39 is 5.60 Å². The van der Waals surface area contributed by atoms with E-state index in [1.807, 2.05) is 6.92 Å². The molecule has 0 aromatic rings. The predicted molar refractivity (Wildman–Crippen MR) is 62.9 cm³/mol. The van der Waals surface area contributed by atoms with E-state index in [9.17, 15) is 5.11 Å². The SMILES string of the molecule is CCC(O)(CN)CCCN(C)CCOC. The second-order valence-electron chi connectivity index (χ2n) is 4.18. The van der Waals surface area contributed by atoms with Gasteiger partial charge < -0.3 is 20.5 Å². The van der Waals surface area contributed by atoms with Crippen LogP contribution in [0.1, 0.15) is 26.2 Å². The highest BCUT2D eigenvalue weighted by atomic mass is 16.5. The van der Waals surface area contributed by atoms with Crippen molar-refractivity contribution in [2.75, 3.05) is 40.4 Å². The number of methoxy groups -OCH3 is 1. The van der Waals surface area contributed by atoms with Crippen LogP contribution in [-0.4, -0.2) is 56.0 Å². The number of nitrogens with two attached hydrogens (primary N) is 1. The van der Waals surface area contributed by atoms with Gasteiger partial charge in [0.15, 0.2) is 0 Å². The van der Waals surface area contributed by atoms with Gasteiger partial charge >= 0.3 is 0 Å². The number of likely N-dealkylation sites (N-methyl/N-ethyl adjacent to an activating group) is 1. The van der Waals surface area contributed by atoms with Gasteiger partial charge in [0.1, 0.15) is 0 Å². The molecule has 0 amide bonds. The Morgan fingerprint density at radius 1 is 1.40 bits per heavy atom. The summed E-state index contributed by atoms with van der Waals surface area (Å²) in [7, 11) is 3.77. The van der Waals surface area contributed by atoms with Crippen LogP contribution in [0, 0.1) is 0 Å². The number of rotatable bonds is 9. The Balaban J connectivity index is 3.59. The van der Waals surface area contributed by atoms with E-state index in [1.165, 1.54) is 0 Å². The molecule has 0 rings (SSSR count). The topological polar surface area (TPSA) is 58.7 Å². The summed E-state index contributed by atoms with van der Waals surface area (Å²) in [6.07, 6.45) is 2.48. The Labute approximate surface area is 93.4 Å². The summed E-state index contributed by atoms with van der Waals surface area (Å²) < 4.78 is 4.99. The van der Waals surface area contributed by atoms with Gasteiger partial charge in [0, 0.05) is 20.2 Å². The van der Waals surface area contributed by atoms with Crippen molar-refractivity contribution in [3.05, 3.63) is 0 Å². The highest BCUT2D eigenvalue weighted by Gasteiger charge is 2.21. The third kappa shape index (κ3) is 6.84. The van der Waals surface area contributed by atoms with Crippen molar-refractivity contribution in [3.63, 3.8) is 0 Å². The van der Waals surface area contributed by atoms with Crippen LogP contribution in [0.15, 0.2) is 0 Å². The third-order valence-corrected chi connectivity index (χ3v) is 2.90.